The van der Waals surface area contributed by atoms with Gasteiger partial charge in [-0.25, -0.2) is 21.9 Å². The fourth-order valence-electron chi connectivity index (χ4n) is 1.54. The highest BCUT2D eigenvalue weighted by molar-refractivity contribution is 7.89. The predicted octanol–water partition coefficient (Wildman–Crippen LogP) is 1.26. The average molecular weight is 306 g/mol. The molecule has 0 atom stereocenters. The molecule has 1 N–H and O–H groups in total. The van der Waals surface area contributed by atoms with E-state index >= 15 is 0 Å². The SMILES string of the molecule is CCS(=O)(=O)NCCN(C(C)=O)c1ccc(F)c(F)c1. The van der Waals surface area contributed by atoms with Crippen LogP contribution in [0, 0.1) is 11.6 Å². The fraction of sp³-hybridized carbons (Fsp3) is 0.417. The van der Waals surface area contributed by atoms with Gasteiger partial charge in [0.1, 0.15) is 0 Å². The molecule has 112 valence electrons. The van der Waals surface area contributed by atoms with E-state index in [1.54, 1.807) is 0 Å². The van der Waals surface area contributed by atoms with Gasteiger partial charge < -0.3 is 4.90 Å². The Morgan fingerprint density at radius 2 is 1.95 bits per heavy atom. The van der Waals surface area contributed by atoms with E-state index in [2.05, 4.69) is 4.72 Å². The Morgan fingerprint density at radius 3 is 2.45 bits per heavy atom. The van der Waals surface area contributed by atoms with Crippen LogP contribution in [0.15, 0.2) is 18.2 Å². The van der Waals surface area contributed by atoms with Crippen molar-refractivity contribution in [1.29, 1.82) is 0 Å². The first-order chi connectivity index (χ1) is 9.26. The largest absolute Gasteiger partial charge is 0.311 e. The molecular weight excluding hydrogens is 290 g/mol. The lowest BCUT2D eigenvalue weighted by molar-refractivity contribution is -0.116. The van der Waals surface area contributed by atoms with E-state index in [-0.39, 0.29) is 24.5 Å². The zero-order valence-corrected chi connectivity index (χ0v) is 12.0. The van der Waals surface area contributed by atoms with Crippen LogP contribution in [0.3, 0.4) is 0 Å². The molecule has 0 aromatic heterocycles. The predicted molar refractivity (Wildman–Crippen MR) is 71.8 cm³/mol. The summed E-state index contributed by atoms with van der Waals surface area (Å²) in [4.78, 5) is 12.7. The molecule has 0 heterocycles. The molecule has 1 aromatic carbocycles. The minimum absolute atomic E-state index is 0.00521. The third kappa shape index (κ3) is 4.53. The molecule has 8 heteroatoms. The second kappa shape index (κ2) is 6.76. The van der Waals surface area contributed by atoms with Gasteiger partial charge in [-0.2, -0.15) is 0 Å². The van der Waals surface area contributed by atoms with E-state index in [0.29, 0.717) is 0 Å². The standard InChI is InChI=1S/C12H16F2N2O3S/c1-3-20(18,19)15-6-7-16(9(2)17)10-4-5-11(13)12(14)8-10/h4-5,8,15H,3,6-7H2,1-2H3. The molecule has 0 saturated carbocycles. The minimum Gasteiger partial charge on any atom is -0.311 e. The van der Waals surface area contributed by atoms with Crippen molar-refractivity contribution in [1.82, 2.24) is 4.72 Å². The molecule has 0 aliphatic carbocycles. The van der Waals surface area contributed by atoms with Gasteiger partial charge in [-0.05, 0) is 19.1 Å². The van der Waals surface area contributed by atoms with Gasteiger partial charge in [0.2, 0.25) is 15.9 Å². The van der Waals surface area contributed by atoms with Gasteiger partial charge in [0.05, 0.1) is 5.75 Å². The van der Waals surface area contributed by atoms with Crippen LogP contribution >= 0.6 is 0 Å². The van der Waals surface area contributed by atoms with Crippen LogP contribution in [0.4, 0.5) is 14.5 Å². The second-order valence-corrected chi connectivity index (χ2v) is 6.16. The highest BCUT2D eigenvalue weighted by Gasteiger charge is 2.15. The van der Waals surface area contributed by atoms with E-state index < -0.39 is 27.6 Å². The Hall–Kier alpha value is -1.54. The highest BCUT2D eigenvalue weighted by atomic mass is 32.2. The summed E-state index contributed by atoms with van der Waals surface area (Å²) in [5.74, 6) is -2.54. The van der Waals surface area contributed by atoms with Gasteiger partial charge in [-0.1, -0.05) is 0 Å². The maximum absolute atomic E-state index is 13.1. The van der Waals surface area contributed by atoms with Gasteiger partial charge in [-0.3, -0.25) is 4.79 Å². The molecule has 0 aliphatic rings. The van der Waals surface area contributed by atoms with Crippen molar-refractivity contribution in [2.24, 2.45) is 0 Å². The normalized spacial score (nSPS) is 11.4. The van der Waals surface area contributed by atoms with Crippen molar-refractivity contribution < 1.29 is 22.0 Å². The van der Waals surface area contributed by atoms with Crippen LogP contribution < -0.4 is 9.62 Å². The maximum Gasteiger partial charge on any atom is 0.223 e. The molecule has 0 unspecified atom stereocenters. The topological polar surface area (TPSA) is 66.5 Å². The summed E-state index contributed by atoms with van der Waals surface area (Å²) in [6, 6.07) is 3.07. The monoisotopic (exact) mass is 306 g/mol. The summed E-state index contributed by atoms with van der Waals surface area (Å²) in [6.45, 7) is 2.77. The van der Waals surface area contributed by atoms with Crippen molar-refractivity contribution in [3.63, 3.8) is 0 Å². The van der Waals surface area contributed by atoms with Crippen molar-refractivity contribution in [2.45, 2.75) is 13.8 Å². The number of rotatable bonds is 6. The summed E-state index contributed by atoms with van der Waals surface area (Å²) in [5.41, 5.74) is 0.173. The molecular formula is C12H16F2N2O3S. The molecule has 0 fully saturated rings. The van der Waals surface area contributed by atoms with Crippen molar-refractivity contribution in [3.05, 3.63) is 29.8 Å². The van der Waals surface area contributed by atoms with Gasteiger partial charge >= 0.3 is 0 Å². The number of nitrogens with one attached hydrogen (secondary N) is 1. The molecule has 1 amide bonds. The maximum atomic E-state index is 13.1. The zero-order chi connectivity index (χ0) is 15.3. The molecule has 0 bridgehead atoms. The third-order valence-corrected chi connectivity index (χ3v) is 4.04. The summed E-state index contributed by atoms with van der Waals surface area (Å²) in [6.07, 6.45) is 0. The van der Waals surface area contributed by atoms with Gasteiger partial charge in [0.25, 0.3) is 0 Å². The van der Waals surface area contributed by atoms with E-state index in [1.807, 2.05) is 0 Å². The van der Waals surface area contributed by atoms with Crippen LogP contribution in [-0.4, -0.2) is 33.2 Å². The molecule has 1 rings (SSSR count). The van der Waals surface area contributed by atoms with Crippen LogP contribution in [0.1, 0.15) is 13.8 Å². The quantitative estimate of drug-likeness (QED) is 0.860. The summed E-state index contributed by atoms with van der Waals surface area (Å²) in [5, 5.41) is 0. The smallest absolute Gasteiger partial charge is 0.223 e. The number of carbonyl (C=O) groups is 1. The minimum atomic E-state index is -3.36. The third-order valence-electron chi connectivity index (χ3n) is 2.63. The van der Waals surface area contributed by atoms with Crippen molar-refractivity contribution >= 4 is 21.6 Å². The molecule has 0 spiro atoms. The molecule has 0 aliphatic heterocycles. The Labute approximate surface area is 116 Å². The number of halogens is 2. The highest BCUT2D eigenvalue weighted by Crippen LogP contribution is 2.17. The van der Waals surface area contributed by atoms with Crippen LogP contribution in [0.25, 0.3) is 0 Å². The summed E-state index contributed by atoms with van der Waals surface area (Å²) < 4.78 is 50.8. The fourth-order valence-corrected chi connectivity index (χ4v) is 2.14. The number of benzene rings is 1. The zero-order valence-electron chi connectivity index (χ0n) is 11.2. The first kappa shape index (κ1) is 16.5. The lowest BCUT2D eigenvalue weighted by Crippen LogP contribution is -2.38. The molecule has 0 saturated heterocycles. The van der Waals surface area contributed by atoms with E-state index in [9.17, 15) is 22.0 Å². The van der Waals surface area contributed by atoms with Crippen LogP contribution in [0.2, 0.25) is 0 Å². The van der Waals surface area contributed by atoms with E-state index in [0.717, 1.165) is 12.1 Å². The van der Waals surface area contributed by atoms with Gasteiger partial charge in [0.15, 0.2) is 11.6 Å². The molecule has 5 nitrogen and oxygen atoms in total. The van der Waals surface area contributed by atoms with Crippen LogP contribution in [-0.2, 0) is 14.8 Å². The molecule has 1 aromatic rings. The van der Waals surface area contributed by atoms with Gasteiger partial charge in [0, 0.05) is 31.8 Å². The van der Waals surface area contributed by atoms with Crippen molar-refractivity contribution in [2.75, 3.05) is 23.7 Å². The van der Waals surface area contributed by atoms with Crippen LogP contribution in [0.5, 0.6) is 0 Å². The van der Waals surface area contributed by atoms with E-state index in [4.69, 9.17) is 0 Å². The second-order valence-electron chi connectivity index (χ2n) is 4.07. The summed E-state index contributed by atoms with van der Waals surface area (Å²) >= 11 is 0. The number of carbonyl (C=O) groups excluding carboxylic acids is 1. The number of nitrogens with zero attached hydrogens (tertiary/aromatic N) is 1. The molecule has 0 radical (unpaired) electrons. The number of hydrogen-bond acceptors (Lipinski definition) is 3. The summed E-state index contributed by atoms with van der Waals surface area (Å²) in [7, 11) is -3.36. The Balaban J connectivity index is 2.80. The Morgan fingerprint density at radius 1 is 1.30 bits per heavy atom. The first-order valence-corrected chi connectivity index (χ1v) is 7.62. The number of anilines is 1. The molecule has 20 heavy (non-hydrogen) atoms. The Bertz CT molecular complexity index is 590. The lowest BCUT2D eigenvalue weighted by Gasteiger charge is -2.21. The first-order valence-electron chi connectivity index (χ1n) is 5.97. The average Bonchev–Trinajstić information content (AvgIpc) is 2.38. The number of hydrogen-bond donors (Lipinski definition) is 1. The Kier molecular flexibility index (Phi) is 5.58. The lowest BCUT2D eigenvalue weighted by atomic mass is 10.2. The number of sulfonamides is 1. The van der Waals surface area contributed by atoms with Crippen molar-refractivity contribution in [3.8, 4) is 0 Å². The van der Waals surface area contributed by atoms with Gasteiger partial charge in [-0.15, -0.1) is 0 Å². The number of amides is 1. The van der Waals surface area contributed by atoms with E-state index in [1.165, 1.54) is 24.8 Å².